The molecule has 108 valence electrons. The molecule has 2 rings (SSSR count). The largest absolute Gasteiger partial charge is 0.361 e. The summed E-state index contributed by atoms with van der Waals surface area (Å²) >= 11 is 0. The summed E-state index contributed by atoms with van der Waals surface area (Å²) in [6.45, 7) is 8.05. The summed E-state index contributed by atoms with van der Waals surface area (Å²) in [7, 11) is 2.09. The minimum absolute atomic E-state index is 0.591. The van der Waals surface area contributed by atoms with Gasteiger partial charge in [0.05, 0.1) is 5.69 Å². The predicted molar refractivity (Wildman–Crippen MR) is 79.2 cm³/mol. The molecule has 0 N–H and O–H groups in total. The zero-order valence-electron chi connectivity index (χ0n) is 12.8. The fourth-order valence-corrected chi connectivity index (χ4v) is 2.28. The highest BCUT2D eigenvalue weighted by atomic mass is 16.5. The van der Waals surface area contributed by atoms with E-state index in [-0.39, 0.29) is 0 Å². The van der Waals surface area contributed by atoms with Crippen molar-refractivity contribution in [1.29, 1.82) is 0 Å². The van der Waals surface area contributed by atoms with E-state index in [0.29, 0.717) is 5.92 Å². The van der Waals surface area contributed by atoms with Crippen molar-refractivity contribution in [3.05, 3.63) is 47.1 Å². The molecule has 0 aliphatic carbocycles. The molecule has 0 aromatic carbocycles. The lowest BCUT2D eigenvalue weighted by Gasteiger charge is -2.14. The third-order valence-electron chi connectivity index (χ3n) is 3.06. The van der Waals surface area contributed by atoms with E-state index in [2.05, 4.69) is 54.1 Å². The number of nitrogens with zero attached hydrogens (tertiary/aromatic N) is 3. The summed E-state index contributed by atoms with van der Waals surface area (Å²) in [5, 5.41) is 4.14. The lowest BCUT2D eigenvalue weighted by molar-refractivity contribution is 0.299. The SMILES string of the molecule is Cc1cc(CN(C)Cc2cc(CC(C)C)on2)ccn1. The molecule has 2 heterocycles. The fourth-order valence-electron chi connectivity index (χ4n) is 2.28. The number of aromatic nitrogens is 2. The van der Waals surface area contributed by atoms with Gasteiger partial charge in [0.2, 0.25) is 0 Å². The van der Waals surface area contributed by atoms with Crippen molar-refractivity contribution in [2.24, 2.45) is 5.92 Å². The van der Waals surface area contributed by atoms with Crippen LogP contribution in [0.3, 0.4) is 0 Å². The molecule has 0 saturated carbocycles. The first-order valence-electron chi connectivity index (χ1n) is 7.07. The number of hydrogen-bond acceptors (Lipinski definition) is 4. The van der Waals surface area contributed by atoms with Gasteiger partial charge in [0.25, 0.3) is 0 Å². The monoisotopic (exact) mass is 273 g/mol. The Morgan fingerprint density at radius 3 is 2.75 bits per heavy atom. The van der Waals surface area contributed by atoms with Crippen LogP contribution in [0.2, 0.25) is 0 Å². The molecule has 0 bridgehead atoms. The molecule has 0 atom stereocenters. The second-order valence-electron chi connectivity index (χ2n) is 5.86. The van der Waals surface area contributed by atoms with E-state index in [0.717, 1.165) is 36.7 Å². The quantitative estimate of drug-likeness (QED) is 0.810. The van der Waals surface area contributed by atoms with E-state index < -0.39 is 0 Å². The van der Waals surface area contributed by atoms with Crippen molar-refractivity contribution < 1.29 is 4.52 Å². The van der Waals surface area contributed by atoms with Crippen LogP contribution in [-0.2, 0) is 19.5 Å². The van der Waals surface area contributed by atoms with Crippen molar-refractivity contribution in [3.8, 4) is 0 Å². The molecule has 4 heteroatoms. The maximum atomic E-state index is 5.36. The highest BCUT2D eigenvalue weighted by Gasteiger charge is 2.09. The number of rotatable bonds is 6. The molecule has 0 unspecified atom stereocenters. The van der Waals surface area contributed by atoms with Gasteiger partial charge >= 0.3 is 0 Å². The maximum Gasteiger partial charge on any atom is 0.137 e. The zero-order chi connectivity index (χ0) is 14.5. The van der Waals surface area contributed by atoms with Crippen molar-refractivity contribution in [2.45, 2.75) is 40.3 Å². The van der Waals surface area contributed by atoms with E-state index in [1.165, 1.54) is 5.56 Å². The van der Waals surface area contributed by atoms with Crippen LogP contribution in [0, 0.1) is 12.8 Å². The van der Waals surface area contributed by atoms with E-state index in [1.54, 1.807) is 0 Å². The first-order valence-corrected chi connectivity index (χ1v) is 7.07. The van der Waals surface area contributed by atoms with E-state index >= 15 is 0 Å². The highest BCUT2D eigenvalue weighted by Crippen LogP contribution is 2.12. The molecular formula is C16H23N3O. The Bertz CT molecular complexity index is 548. The predicted octanol–water partition coefficient (Wildman–Crippen LogP) is 3.21. The second-order valence-corrected chi connectivity index (χ2v) is 5.86. The second kappa shape index (κ2) is 6.66. The number of hydrogen-bond donors (Lipinski definition) is 0. The Hall–Kier alpha value is -1.68. The molecule has 0 fully saturated rings. The lowest BCUT2D eigenvalue weighted by Crippen LogP contribution is -2.17. The zero-order valence-corrected chi connectivity index (χ0v) is 12.8. The van der Waals surface area contributed by atoms with Crippen LogP contribution in [0.4, 0.5) is 0 Å². The summed E-state index contributed by atoms with van der Waals surface area (Å²) < 4.78 is 5.36. The van der Waals surface area contributed by atoms with Crippen LogP contribution in [0.1, 0.15) is 36.6 Å². The highest BCUT2D eigenvalue weighted by molar-refractivity contribution is 5.15. The van der Waals surface area contributed by atoms with Crippen molar-refractivity contribution in [1.82, 2.24) is 15.0 Å². The summed E-state index contributed by atoms with van der Waals surface area (Å²) in [5.41, 5.74) is 3.32. The van der Waals surface area contributed by atoms with Crippen molar-refractivity contribution >= 4 is 0 Å². The van der Waals surface area contributed by atoms with Crippen LogP contribution >= 0.6 is 0 Å². The molecule has 0 amide bonds. The molecule has 0 aliphatic heterocycles. The molecule has 0 radical (unpaired) electrons. The lowest BCUT2D eigenvalue weighted by atomic mass is 10.1. The molecular weight excluding hydrogens is 250 g/mol. The molecule has 4 nitrogen and oxygen atoms in total. The molecule has 2 aromatic rings. The Balaban J connectivity index is 1.91. The minimum atomic E-state index is 0.591. The Labute approximate surface area is 120 Å². The van der Waals surface area contributed by atoms with E-state index in [9.17, 15) is 0 Å². The Morgan fingerprint density at radius 1 is 1.25 bits per heavy atom. The first kappa shape index (κ1) is 14.7. The summed E-state index contributed by atoms with van der Waals surface area (Å²) in [6, 6.07) is 6.23. The molecule has 2 aromatic heterocycles. The van der Waals surface area contributed by atoms with Gasteiger partial charge in [-0.2, -0.15) is 0 Å². The van der Waals surface area contributed by atoms with Gasteiger partial charge in [0.15, 0.2) is 0 Å². The van der Waals surface area contributed by atoms with E-state index in [4.69, 9.17) is 4.52 Å². The summed E-state index contributed by atoms with van der Waals surface area (Å²) in [4.78, 5) is 6.44. The van der Waals surface area contributed by atoms with Gasteiger partial charge in [-0.15, -0.1) is 0 Å². The van der Waals surface area contributed by atoms with Gasteiger partial charge in [0, 0.05) is 37.5 Å². The Kier molecular flexibility index (Phi) is 4.90. The van der Waals surface area contributed by atoms with Gasteiger partial charge in [-0.3, -0.25) is 9.88 Å². The fraction of sp³-hybridized carbons (Fsp3) is 0.500. The van der Waals surface area contributed by atoms with Crippen LogP contribution in [0.25, 0.3) is 0 Å². The van der Waals surface area contributed by atoms with Gasteiger partial charge in [-0.25, -0.2) is 0 Å². The average molecular weight is 273 g/mol. The summed E-state index contributed by atoms with van der Waals surface area (Å²) in [6.07, 6.45) is 2.80. The van der Waals surface area contributed by atoms with Gasteiger partial charge in [0.1, 0.15) is 5.76 Å². The van der Waals surface area contributed by atoms with Crippen LogP contribution in [-0.4, -0.2) is 22.1 Å². The number of aryl methyl sites for hydroxylation is 1. The number of pyridine rings is 1. The van der Waals surface area contributed by atoms with Gasteiger partial charge in [-0.05, 0) is 37.6 Å². The maximum absolute atomic E-state index is 5.36. The normalized spacial score (nSPS) is 11.5. The molecule has 20 heavy (non-hydrogen) atoms. The van der Waals surface area contributed by atoms with Gasteiger partial charge < -0.3 is 4.52 Å². The topological polar surface area (TPSA) is 42.2 Å². The van der Waals surface area contributed by atoms with Crippen molar-refractivity contribution in [3.63, 3.8) is 0 Å². The smallest absolute Gasteiger partial charge is 0.137 e. The van der Waals surface area contributed by atoms with Crippen molar-refractivity contribution in [2.75, 3.05) is 7.05 Å². The molecule has 0 aliphatic rings. The average Bonchev–Trinajstić information content (AvgIpc) is 2.75. The minimum Gasteiger partial charge on any atom is -0.361 e. The molecule has 0 spiro atoms. The van der Waals surface area contributed by atoms with Crippen LogP contribution in [0.5, 0.6) is 0 Å². The summed E-state index contributed by atoms with van der Waals surface area (Å²) in [5.74, 6) is 1.57. The van der Waals surface area contributed by atoms with Crippen LogP contribution in [0.15, 0.2) is 28.9 Å². The standard InChI is InChI=1S/C16H23N3O/c1-12(2)7-16-9-15(18-20-16)11-19(4)10-14-5-6-17-13(3)8-14/h5-6,8-9,12H,7,10-11H2,1-4H3. The Morgan fingerprint density at radius 2 is 2.05 bits per heavy atom. The van der Waals surface area contributed by atoms with E-state index in [1.807, 2.05) is 13.1 Å². The molecule has 0 saturated heterocycles. The van der Waals surface area contributed by atoms with Gasteiger partial charge in [-0.1, -0.05) is 19.0 Å². The third kappa shape index (κ3) is 4.46. The third-order valence-corrected chi connectivity index (χ3v) is 3.06. The van der Waals surface area contributed by atoms with Crippen LogP contribution < -0.4 is 0 Å². The first-order chi connectivity index (χ1) is 9.52.